The lowest BCUT2D eigenvalue weighted by molar-refractivity contribution is -0.0908. The second-order valence-corrected chi connectivity index (χ2v) is 8.13. The summed E-state index contributed by atoms with van der Waals surface area (Å²) in [7, 11) is -2.27. The van der Waals surface area contributed by atoms with E-state index in [1.807, 2.05) is 13.8 Å². The van der Waals surface area contributed by atoms with Gasteiger partial charge in [0.2, 0.25) is 10.0 Å². The molecule has 2 atom stereocenters. The fourth-order valence-electron chi connectivity index (χ4n) is 2.43. The Morgan fingerprint density at radius 3 is 2.60 bits per heavy atom. The summed E-state index contributed by atoms with van der Waals surface area (Å²) in [6, 6.07) is 3.63. The topological polar surface area (TPSA) is 55.4 Å². The van der Waals surface area contributed by atoms with Crippen molar-refractivity contribution in [3.05, 3.63) is 28.5 Å². The Labute approximate surface area is 126 Å². The Balaban J connectivity index is 2.21. The van der Waals surface area contributed by atoms with Crippen LogP contribution in [-0.4, -0.2) is 27.7 Å². The van der Waals surface area contributed by atoms with Gasteiger partial charge in [-0.15, -0.1) is 0 Å². The Morgan fingerprint density at radius 1 is 1.45 bits per heavy atom. The van der Waals surface area contributed by atoms with Crippen LogP contribution < -0.4 is 4.72 Å². The summed E-state index contributed by atoms with van der Waals surface area (Å²) < 4.78 is 46.6. The van der Waals surface area contributed by atoms with Gasteiger partial charge in [0.05, 0.1) is 6.10 Å². The van der Waals surface area contributed by atoms with E-state index in [2.05, 4.69) is 20.7 Å². The van der Waals surface area contributed by atoms with Crippen LogP contribution in [0.15, 0.2) is 27.6 Å². The van der Waals surface area contributed by atoms with E-state index in [-0.39, 0.29) is 22.5 Å². The van der Waals surface area contributed by atoms with Crippen molar-refractivity contribution in [2.75, 3.05) is 7.11 Å². The highest BCUT2D eigenvalue weighted by molar-refractivity contribution is 9.10. The number of hydrogen-bond donors (Lipinski definition) is 1. The molecule has 0 amide bonds. The maximum Gasteiger partial charge on any atom is 0.243 e. The van der Waals surface area contributed by atoms with Gasteiger partial charge in [-0.05, 0) is 24.6 Å². The maximum absolute atomic E-state index is 13.8. The van der Waals surface area contributed by atoms with Crippen LogP contribution in [-0.2, 0) is 14.8 Å². The highest BCUT2D eigenvalue weighted by atomic mass is 79.9. The Morgan fingerprint density at radius 2 is 2.10 bits per heavy atom. The molecule has 0 heterocycles. The fourth-order valence-corrected chi connectivity index (χ4v) is 4.23. The highest BCUT2D eigenvalue weighted by Crippen LogP contribution is 2.43. The first-order chi connectivity index (χ1) is 9.18. The number of benzene rings is 1. The van der Waals surface area contributed by atoms with Gasteiger partial charge < -0.3 is 4.74 Å². The van der Waals surface area contributed by atoms with Gasteiger partial charge in [0, 0.05) is 23.0 Å². The van der Waals surface area contributed by atoms with Crippen molar-refractivity contribution in [3.8, 4) is 0 Å². The fraction of sp³-hybridized carbons (Fsp3) is 0.538. The molecular weight excluding hydrogens is 349 g/mol. The van der Waals surface area contributed by atoms with Crippen LogP contribution >= 0.6 is 15.9 Å². The molecule has 7 heteroatoms. The predicted molar refractivity (Wildman–Crippen MR) is 77.4 cm³/mol. The molecule has 0 spiro atoms. The van der Waals surface area contributed by atoms with Gasteiger partial charge in [-0.3, -0.25) is 0 Å². The van der Waals surface area contributed by atoms with Crippen LogP contribution in [0.4, 0.5) is 4.39 Å². The first-order valence-electron chi connectivity index (χ1n) is 6.18. The van der Waals surface area contributed by atoms with E-state index in [4.69, 9.17) is 4.74 Å². The summed E-state index contributed by atoms with van der Waals surface area (Å²) in [5.41, 5.74) is -0.312. The molecule has 0 aromatic heterocycles. The lowest BCUT2D eigenvalue weighted by Crippen LogP contribution is -2.61. The number of rotatable bonds is 4. The zero-order chi connectivity index (χ0) is 15.1. The maximum atomic E-state index is 13.8. The smallest absolute Gasteiger partial charge is 0.243 e. The van der Waals surface area contributed by atoms with Gasteiger partial charge in [0.25, 0.3) is 0 Å². The molecule has 112 valence electrons. The largest absolute Gasteiger partial charge is 0.381 e. The lowest BCUT2D eigenvalue weighted by atomic mass is 9.65. The zero-order valence-corrected chi connectivity index (χ0v) is 13.9. The number of halogens is 2. The average molecular weight is 366 g/mol. The number of hydrogen-bond acceptors (Lipinski definition) is 3. The number of sulfonamides is 1. The second kappa shape index (κ2) is 5.36. The summed E-state index contributed by atoms with van der Waals surface area (Å²) >= 11 is 3.10. The van der Waals surface area contributed by atoms with Crippen LogP contribution in [0, 0.1) is 11.2 Å². The first kappa shape index (κ1) is 15.9. The van der Waals surface area contributed by atoms with Crippen molar-refractivity contribution in [3.63, 3.8) is 0 Å². The highest BCUT2D eigenvalue weighted by Gasteiger charge is 2.50. The van der Waals surface area contributed by atoms with Gasteiger partial charge in [-0.1, -0.05) is 29.8 Å². The van der Waals surface area contributed by atoms with Crippen LogP contribution in [0.2, 0.25) is 0 Å². The molecule has 2 unspecified atom stereocenters. The number of nitrogens with one attached hydrogen (secondary N) is 1. The molecule has 1 aliphatic rings. The molecule has 1 N–H and O–H groups in total. The minimum atomic E-state index is -3.87. The van der Waals surface area contributed by atoms with E-state index < -0.39 is 15.8 Å². The molecule has 0 radical (unpaired) electrons. The lowest BCUT2D eigenvalue weighted by Gasteiger charge is -2.50. The van der Waals surface area contributed by atoms with Gasteiger partial charge >= 0.3 is 0 Å². The minimum Gasteiger partial charge on any atom is -0.381 e. The second-order valence-electron chi connectivity index (χ2n) is 5.53. The molecule has 0 saturated heterocycles. The summed E-state index contributed by atoms with van der Waals surface area (Å²) in [5.74, 6) is -0.771. The molecule has 4 nitrogen and oxygen atoms in total. The number of methoxy groups -OCH3 is 1. The van der Waals surface area contributed by atoms with Crippen molar-refractivity contribution in [2.45, 2.75) is 37.3 Å². The molecule has 1 aliphatic carbocycles. The van der Waals surface area contributed by atoms with E-state index in [9.17, 15) is 12.8 Å². The van der Waals surface area contributed by atoms with Crippen molar-refractivity contribution in [1.29, 1.82) is 0 Å². The van der Waals surface area contributed by atoms with E-state index >= 15 is 0 Å². The predicted octanol–water partition coefficient (Wildman–Crippen LogP) is 2.68. The van der Waals surface area contributed by atoms with Crippen LogP contribution in [0.5, 0.6) is 0 Å². The van der Waals surface area contributed by atoms with Crippen molar-refractivity contribution >= 4 is 26.0 Å². The van der Waals surface area contributed by atoms with E-state index in [1.54, 1.807) is 7.11 Å². The van der Waals surface area contributed by atoms with E-state index in [0.29, 0.717) is 10.9 Å². The van der Waals surface area contributed by atoms with Gasteiger partial charge in [0.1, 0.15) is 10.7 Å². The van der Waals surface area contributed by atoms with Gasteiger partial charge in [-0.2, -0.15) is 0 Å². The molecule has 20 heavy (non-hydrogen) atoms. The molecule has 0 bridgehead atoms. The van der Waals surface area contributed by atoms with Crippen LogP contribution in [0.1, 0.15) is 20.3 Å². The average Bonchev–Trinajstić information content (AvgIpc) is 2.33. The number of ether oxygens (including phenoxy) is 1. The SMILES string of the molecule is COC1CC(NS(=O)(=O)c2ccc(Br)cc2F)C1(C)C. The molecule has 0 aliphatic heterocycles. The van der Waals surface area contributed by atoms with Crippen LogP contribution in [0.3, 0.4) is 0 Å². The quantitative estimate of drug-likeness (QED) is 0.892. The summed E-state index contributed by atoms with van der Waals surface area (Å²) in [6.07, 6.45) is 0.589. The molecule has 1 fully saturated rings. The summed E-state index contributed by atoms with van der Waals surface area (Å²) in [6.45, 7) is 3.85. The third kappa shape index (κ3) is 2.77. The first-order valence-corrected chi connectivity index (χ1v) is 8.46. The third-order valence-electron chi connectivity index (χ3n) is 3.94. The molecule has 1 aromatic rings. The Bertz CT molecular complexity index is 618. The third-order valence-corrected chi connectivity index (χ3v) is 5.94. The normalized spacial score (nSPS) is 25.2. The van der Waals surface area contributed by atoms with Crippen LogP contribution in [0.25, 0.3) is 0 Å². The molecular formula is C13H17BrFNO3S. The molecule has 1 aromatic carbocycles. The monoisotopic (exact) mass is 365 g/mol. The van der Waals surface area contributed by atoms with Crippen molar-refractivity contribution < 1.29 is 17.5 Å². The van der Waals surface area contributed by atoms with E-state index in [0.717, 1.165) is 6.07 Å². The summed E-state index contributed by atoms with van der Waals surface area (Å²) in [4.78, 5) is -0.336. The molecule has 1 saturated carbocycles. The molecule has 2 rings (SSSR count). The standard InChI is InChI=1S/C13H17BrFNO3S/c1-13(2)11(7-12(13)19-3)16-20(17,18)10-5-4-8(14)6-9(10)15/h4-6,11-12,16H,7H2,1-3H3. The van der Waals surface area contributed by atoms with Crippen molar-refractivity contribution in [2.24, 2.45) is 5.41 Å². The van der Waals surface area contributed by atoms with E-state index in [1.165, 1.54) is 12.1 Å². The zero-order valence-electron chi connectivity index (χ0n) is 11.5. The summed E-state index contributed by atoms with van der Waals surface area (Å²) in [5, 5.41) is 0. The van der Waals surface area contributed by atoms with Crippen molar-refractivity contribution in [1.82, 2.24) is 4.72 Å². The van der Waals surface area contributed by atoms with Gasteiger partial charge in [0.15, 0.2) is 0 Å². The minimum absolute atomic E-state index is 0.00460. The van der Waals surface area contributed by atoms with Gasteiger partial charge in [-0.25, -0.2) is 17.5 Å². The Hall–Kier alpha value is -0.500. The Kier molecular flexibility index (Phi) is 4.26.